The minimum absolute atomic E-state index is 0.0945. The van der Waals surface area contributed by atoms with Crippen molar-refractivity contribution in [3.05, 3.63) is 41.6 Å². The SMILES string of the molecule is Cc1ccc(N/C=C(/C#N)C(N)=S)cc1. The van der Waals surface area contributed by atoms with Gasteiger partial charge in [-0.2, -0.15) is 5.26 Å². The number of nitrogens with two attached hydrogens (primary N) is 1. The third-order valence-electron chi connectivity index (χ3n) is 1.82. The first kappa shape index (κ1) is 11.2. The molecule has 4 heteroatoms. The lowest BCUT2D eigenvalue weighted by atomic mass is 10.2. The quantitative estimate of drug-likeness (QED) is 0.462. The van der Waals surface area contributed by atoms with Crippen LogP contribution in [0, 0.1) is 18.3 Å². The Hall–Kier alpha value is -1.86. The zero-order chi connectivity index (χ0) is 11.3. The summed E-state index contributed by atoms with van der Waals surface area (Å²) < 4.78 is 0. The molecule has 0 radical (unpaired) electrons. The molecule has 1 aromatic carbocycles. The highest BCUT2D eigenvalue weighted by atomic mass is 32.1. The van der Waals surface area contributed by atoms with Gasteiger partial charge in [0.15, 0.2) is 0 Å². The van der Waals surface area contributed by atoms with Crippen LogP contribution in [0.1, 0.15) is 5.56 Å². The second kappa shape index (κ2) is 5.13. The van der Waals surface area contributed by atoms with E-state index in [9.17, 15) is 0 Å². The van der Waals surface area contributed by atoms with Gasteiger partial charge in [0.1, 0.15) is 16.6 Å². The van der Waals surface area contributed by atoms with Gasteiger partial charge in [-0.25, -0.2) is 0 Å². The van der Waals surface area contributed by atoms with Gasteiger partial charge in [-0.1, -0.05) is 29.9 Å². The number of anilines is 1. The van der Waals surface area contributed by atoms with Crippen LogP contribution in [-0.2, 0) is 0 Å². The van der Waals surface area contributed by atoms with Crippen LogP contribution in [0.15, 0.2) is 36.0 Å². The zero-order valence-electron chi connectivity index (χ0n) is 8.32. The van der Waals surface area contributed by atoms with Gasteiger partial charge in [-0.15, -0.1) is 0 Å². The molecule has 0 saturated carbocycles. The van der Waals surface area contributed by atoms with E-state index in [0.29, 0.717) is 0 Å². The van der Waals surface area contributed by atoms with Crippen molar-refractivity contribution in [2.24, 2.45) is 5.73 Å². The van der Waals surface area contributed by atoms with Gasteiger partial charge >= 0.3 is 0 Å². The second-order valence-corrected chi connectivity index (χ2v) is 3.48. The second-order valence-electron chi connectivity index (χ2n) is 3.04. The summed E-state index contributed by atoms with van der Waals surface area (Å²) in [4.78, 5) is 0.0945. The molecule has 0 aliphatic heterocycles. The molecule has 0 amide bonds. The fraction of sp³-hybridized carbons (Fsp3) is 0.0909. The fourth-order valence-electron chi connectivity index (χ4n) is 0.964. The van der Waals surface area contributed by atoms with E-state index in [1.54, 1.807) is 0 Å². The average Bonchev–Trinajstić information content (AvgIpc) is 2.21. The van der Waals surface area contributed by atoms with Crippen LogP contribution in [0.3, 0.4) is 0 Å². The van der Waals surface area contributed by atoms with E-state index in [1.165, 1.54) is 11.8 Å². The molecule has 0 aliphatic rings. The van der Waals surface area contributed by atoms with Gasteiger partial charge in [0.05, 0.1) is 0 Å². The molecule has 0 aliphatic carbocycles. The van der Waals surface area contributed by atoms with Gasteiger partial charge in [-0.05, 0) is 19.1 Å². The molecule has 0 atom stereocenters. The predicted molar refractivity (Wildman–Crippen MR) is 65.3 cm³/mol. The van der Waals surface area contributed by atoms with Crippen molar-refractivity contribution in [1.29, 1.82) is 5.26 Å². The van der Waals surface area contributed by atoms with Crippen LogP contribution < -0.4 is 11.1 Å². The summed E-state index contributed by atoms with van der Waals surface area (Å²) in [5.74, 6) is 0. The maximum Gasteiger partial charge on any atom is 0.116 e. The van der Waals surface area contributed by atoms with Crippen molar-refractivity contribution >= 4 is 22.9 Å². The van der Waals surface area contributed by atoms with E-state index in [2.05, 4.69) is 5.32 Å². The third kappa shape index (κ3) is 3.41. The summed E-state index contributed by atoms with van der Waals surface area (Å²) in [6, 6.07) is 9.70. The summed E-state index contributed by atoms with van der Waals surface area (Å²) in [6.07, 6.45) is 1.51. The number of nitrogens with one attached hydrogen (secondary N) is 1. The van der Waals surface area contributed by atoms with Gasteiger partial charge in [0.25, 0.3) is 0 Å². The Morgan fingerprint density at radius 2 is 2.07 bits per heavy atom. The number of benzene rings is 1. The first-order chi connectivity index (χ1) is 7.13. The number of aryl methyl sites for hydroxylation is 1. The van der Waals surface area contributed by atoms with Crippen LogP contribution in [0.2, 0.25) is 0 Å². The molecule has 0 spiro atoms. The average molecular weight is 217 g/mol. The van der Waals surface area contributed by atoms with Crippen molar-refractivity contribution in [1.82, 2.24) is 0 Å². The van der Waals surface area contributed by atoms with E-state index < -0.39 is 0 Å². The van der Waals surface area contributed by atoms with Crippen LogP contribution in [-0.4, -0.2) is 4.99 Å². The molecule has 0 saturated heterocycles. The van der Waals surface area contributed by atoms with Gasteiger partial charge in [0.2, 0.25) is 0 Å². The van der Waals surface area contributed by atoms with Crippen LogP contribution in [0.5, 0.6) is 0 Å². The molecule has 0 aromatic heterocycles. The zero-order valence-corrected chi connectivity index (χ0v) is 9.14. The molecule has 15 heavy (non-hydrogen) atoms. The summed E-state index contributed by atoms with van der Waals surface area (Å²) in [7, 11) is 0. The third-order valence-corrected chi connectivity index (χ3v) is 2.04. The summed E-state index contributed by atoms with van der Waals surface area (Å²) in [6.45, 7) is 2.01. The lowest BCUT2D eigenvalue weighted by Gasteiger charge is -2.01. The molecular formula is C11H11N3S. The predicted octanol–water partition coefficient (Wildman–Crippen LogP) is 2.10. The minimum Gasteiger partial charge on any atom is -0.389 e. The van der Waals surface area contributed by atoms with E-state index in [1.807, 2.05) is 37.3 Å². The Balaban J connectivity index is 2.76. The molecule has 1 aromatic rings. The fourth-order valence-corrected chi connectivity index (χ4v) is 1.07. The Morgan fingerprint density at radius 1 is 1.47 bits per heavy atom. The summed E-state index contributed by atoms with van der Waals surface area (Å²) >= 11 is 4.70. The van der Waals surface area contributed by atoms with Crippen LogP contribution in [0.4, 0.5) is 5.69 Å². The van der Waals surface area contributed by atoms with Crippen LogP contribution in [0.25, 0.3) is 0 Å². The normalized spacial score (nSPS) is 10.5. The Kier molecular flexibility index (Phi) is 3.83. The first-order valence-electron chi connectivity index (χ1n) is 4.37. The minimum atomic E-state index is 0.0945. The van der Waals surface area contributed by atoms with E-state index in [0.717, 1.165) is 5.69 Å². The van der Waals surface area contributed by atoms with Gasteiger partial charge in [0, 0.05) is 11.9 Å². The van der Waals surface area contributed by atoms with Crippen molar-refractivity contribution in [2.75, 3.05) is 5.32 Å². The molecule has 76 valence electrons. The number of hydrogen-bond acceptors (Lipinski definition) is 3. The molecule has 0 heterocycles. The molecule has 3 N–H and O–H groups in total. The maximum atomic E-state index is 8.69. The van der Waals surface area contributed by atoms with Crippen molar-refractivity contribution in [3.63, 3.8) is 0 Å². The summed E-state index contributed by atoms with van der Waals surface area (Å²) in [5.41, 5.74) is 7.68. The monoisotopic (exact) mass is 217 g/mol. The highest BCUT2D eigenvalue weighted by Gasteiger charge is 1.97. The molecule has 0 unspecified atom stereocenters. The Labute approximate surface area is 94.2 Å². The lowest BCUT2D eigenvalue weighted by molar-refractivity contribution is 1.45. The van der Waals surface area contributed by atoms with Gasteiger partial charge in [-0.3, -0.25) is 0 Å². The van der Waals surface area contributed by atoms with Gasteiger partial charge < -0.3 is 11.1 Å². The molecular weight excluding hydrogens is 206 g/mol. The summed E-state index contributed by atoms with van der Waals surface area (Å²) in [5, 5.41) is 11.6. The lowest BCUT2D eigenvalue weighted by Crippen LogP contribution is -2.11. The van der Waals surface area contributed by atoms with E-state index in [4.69, 9.17) is 23.2 Å². The van der Waals surface area contributed by atoms with Crippen molar-refractivity contribution in [2.45, 2.75) is 6.92 Å². The van der Waals surface area contributed by atoms with Crippen LogP contribution >= 0.6 is 12.2 Å². The topological polar surface area (TPSA) is 61.8 Å². The number of nitriles is 1. The number of thiocarbonyl (C=S) groups is 1. The Morgan fingerprint density at radius 3 is 2.53 bits per heavy atom. The first-order valence-corrected chi connectivity index (χ1v) is 4.77. The maximum absolute atomic E-state index is 8.69. The highest BCUT2D eigenvalue weighted by Crippen LogP contribution is 2.09. The standard InChI is InChI=1S/C11H11N3S/c1-8-2-4-10(5-3-8)14-7-9(6-12)11(13)15/h2-5,7,14H,1H3,(H2,13,15)/b9-7-. The largest absolute Gasteiger partial charge is 0.389 e. The Bertz CT molecular complexity index is 426. The van der Waals surface area contributed by atoms with E-state index >= 15 is 0 Å². The van der Waals surface area contributed by atoms with E-state index in [-0.39, 0.29) is 10.6 Å². The van der Waals surface area contributed by atoms with Crippen molar-refractivity contribution < 1.29 is 0 Å². The molecule has 3 nitrogen and oxygen atoms in total. The smallest absolute Gasteiger partial charge is 0.116 e. The molecule has 0 bridgehead atoms. The highest BCUT2D eigenvalue weighted by molar-refractivity contribution is 7.80. The molecule has 1 rings (SSSR count). The number of hydrogen-bond donors (Lipinski definition) is 2. The number of rotatable bonds is 3. The molecule has 0 fully saturated rings. The number of nitrogens with zero attached hydrogens (tertiary/aromatic N) is 1. The van der Waals surface area contributed by atoms with Crippen molar-refractivity contribution in [3.8, 4) is 6.07 Å².